The lowest BCUT2D eigenvalue weighted by Gasteiger charge is -2.15. The Kier molecular flexibility index (Phi) is 5.97. The fourth-order valence-electron chi connectivity index (χ4n) is 3.76. The molecule has 1 aromatic heterocycles. The van der Waals surface area contributed by atoms with Gasteiger partial charge in [-0.15, -0.1) is 0 Å². The van der Waals surface area contributed by atoms with Crippen molar-refractivity contribution in [1.29, 1.82) is 0 Å². The van der Waals surface area contributed by atoms with Crippen LogP contribution in [0.15, 0.2) is 46.9 Å². The number of benzene rings is 2. The van der Waals surface area contributed by atoms with Crippen LogP contribution >= 0.6 is 15.9 Å². The molecule has 2 N–H and O–H groups in total. The van der Waals surface area contributed by atoms with Crippen molar-refractivity contribution in [3.8, 4) is 5.69 Å². The first-order valence-corrected chi connectivity index (χ1v) is 10.5. The lowest BCUT2D eigenvalue weighted by molar-refractivity contribution is 0.0907. The summed E-state index contributed by atoms with van der Waals surface area (Å²) < 4.78 is 29.6. The molecule has 1 amide bonds. The molecule has 1 atom stereocenters. The van der Waals surface area contributed by atoms with Crippen molar-refractivity contribution in [3.63, 3.8) is 0 Å². The van der Waals surface area contributed by atoms with Gasteiger partial charge in [-0.25, -0.2) is 13.5 Å². The van der Waals surface area contributed by atoms with Gasteiger partial charge in [0.1, 0.15) is 11.6 Å². The second kappa shape index (κ2) is 8.65. The van der Waals surface area contributed by atoms with E-state index in [1.807, 2.05) is 24.3 Å². The minimum atomic E-state index is -1.29. The summed E-state index contributed by atoms with van der Waals surface area (Å²) in [6, 6.07) is 10.6. The number of hydrogen-bond acceptors (Lipinski definition) is 3. The molecule has 0 saturated carbocycles. The third-order valence-corrected chi connectivity index (χ3v) is 5.72. The Bertz CT molecular complexity index is 1100. The maximum Gasteiger partial charge on any atom is 0.272 e. The molecule has 0 saturated heterocycles. The van der Waals surface area contributed by atoms with Crippen molar-refractivity contribution in [2.24, 2.45) is 0 Å². The minimum absolute atomic E-state index is 0.0709. The Hall–Kier alpha value is -2.58. The van der Waals surface area contributed by atoms with E-state index in [9.17, 15) is 18.7 Å². The van der Waals surface area contributed by atoms with Crippen molar-refractivity contribution in [2.75, 3.05) is 6.54 Å². The number of aromatic nitrogens is 2. The van der Waals surface area contributed by atoms with Crippen LogP contribution in [0, 0.1) is 11.6 Å². The fourth-order valence-corrected chi connectivity index (χ4v) is 4.14. The molecule has 1 aliphatic carbocycles. The lowest BCUT2D eigenvalue weighted by Crippen LogP contribution is -2.30. The summed E-state index contributed by atoms with van der Waals surface area (Å²) in [5.41, 5.74) is 3.01. The van der Waals surface area contributed by atoms with Gasteiger partial charge in [-0.1, -0.05) is 28.1 Å². The molecular weight excluding hydrogens is 456 g/mol. The third-order valence-electron chi connectivity index (χ3n) is 5.23. The normalized spacial score (nSPS) is 14.3. The number of fused-ring (bicyclic) bond motifs is 1. The molecule has 0 radical (unpaired) electrons. The standard InChI is InChI=1S/C22H20BrF2N3O2/c23-13-4-3-5-15(10-13)28-19-7-2-1-6-17(19)21(27-28)22(30)26-12-20(29)16-9-8-14(24)11-18(16)25/h3-5,8-11,20,29H,1-2,6-7,12H2,(H,26,30). The zero-order chi connectivity index (χ0) is 21.3. The Morgan fingerprint density at radius 3 is 2.77 bits per heavy atom. The van der Waals surface area contributed by atoms with Gasteiger partial charge < -0.3 is 10.4 Å². The van der Waals surface area contributed by atoms with Gasteiger partial charge in [0.25, 0.3) is 5.91 Å². The number of nitrogens with one attached hydrogen (secondary N) is 1. The second-order valence-electron chi connectivity index (χ2n) is 7.26. The van der Waals surface area contributed by atoms with Gasteiger partial charge in [0.2, 0.25) is 0 Å². The first kappa shape index (κ1) is 20.7. The average Bonchev–Trinajstić information content (AvgIpc) is 3.12. The number of halogens is 3. The topological polar surface area (TPSA) is 67.2 Å². The average molecular weight is 476 g/mol. The number of carbonyl (C=O) groups is 1. The van der Waals surface area contributed by atoms with E-state index in [1.165, 1.54) is 6.07 Å². The number of rotatable bonds is 5. The minimum Gasteiger partial charge on any atom is -0.386 e. The maximum absolute atomic E-state index is 13.9. The molecule has 30 heavy (non-hydrogen) atoms. The number of hydrogen-bond donors (Lipinski definition) is 2. The van der Waals surface area contributed by atoms with Crippen LogP contribution in [0.25, 0.3) is 5.69 Å². The molecule has 5 nitrogen and oxygen atoms in total. The van der Waals surface area contributed by atoms with Crippen LogP contribution in [0.5, 0.6) is 0 Å². The van der Waals surface area contributed by atoms with E-state index < -0.39 is 23.6 Å². The summed E-state index contributed by atoms with van der Waals surface area (Å²) >= 11 is 3.46. The van der Waals surface area contributed by atoms with E-state index in [4.69, 9.17) is 0 Å². The maximum atomic E-state index is 13.9. The molecule has 1 heterocycles. The van der Waals surface area contributed by atoms with Crippen molar-refractivity contribution < 1.29 is 18.7 Å². The number of aliphatic hydroxyl groups is 1. The van der Waals surface area contributed by atoms with E-state index in [-0.39, 0.29) is 12.1 Å². The number of carbonyl (C=O) groups excluding carboxylic acids is 1. The fraction of sp³-hybridized carbons (Fsp3) is 0.273. The molecule has 1 aliphatic rings. The van der Waals surface area contributed by atoms with Crippen LogP contribution in [-0.4, -0.2) is 27.3 Å². The van der Waals surface area contributed by atoms with Crippen molar-refractivity contribution >= 4 is 21.8 Å². The Morgan fingerprint density at radius 1 is 1.20 bits per heavy atom. The van der Waals surface area contributed by atoms with Gasteiger partial charge in [-0.3, -0.25) is 4.79 Å². The van der Waals surface area contributed by atoms with E-state index in [1.54, 1.807) is 4.68 Å². The first-order chi connectivity index (χ1) is 14.4. The largest absolute Gasteiger partial charge is 0.386 e. The molecule has 0 bridgehead atoms. The highest BCUT2D eigenvalue weighted by atomic mass is 79.9. The zero-order valence-electron chi connectivity index (χ0n) is 16.0. The van der Waals surface area contributed by atoms with Crippen molar-refractivity contribution in [3.05, 3.63) is 81.1 Å². The molecule has 1 unspecified atom stereocenters. The lowest BCUT2D eigenvalue weighted by atomic mass is 9.95. The molecule has 8 heteroatoms. The molecular formula is C22H20BrF2N3O2. The number of aliphatic hydroxyl groups excluding tert-OH is 1. The second-order valence-corrected chi connectivity index (χ2v) is 8.18. The number of amides is 1. The van der Waals surface area contributed by atoms with Crippen LogP contribution in [0.4, 0.5) is 8.78 Å². The SMILES string of the molecule is O=C(NCC(O)c1ccc(F)cc1F)c1nn(-c2cccc(Br)c2)c2c1CCCC2. The summed E-state index contributed by atoms with van der Waals surface area (Å²) in [5.74, 6) is -2.01. The van der Waals surface area contributed by atoms with Crippen LogP contribution in [-0.2, 0) is 12.8 Å². The highest BCUT2D eigenvalue weighted by Crippen LogP contribution is 2.28. The van der Waals surface area contributed by atoms with Crippen LogP contribution in [0.2, 0.25) is 0 Å². The summed E-state index contributed by atoms with van der Waals surface area (Å²) in [4.78, 5) is 12.8. The highest BCUT2D eigenvalue weighted by molar-refractivity contribution is 9.10. The molecule has 2 aromatic carbocycles. The van der Waals surface area contributed by atoms with Gasteiger partial charge >= 0.3 is 0 Å². The molecule has 4 rings (SSSR count). The van der Waals surface area contributed by atoms with Crippen LogP contribution in [0.3, 0.4) is 0 Å². The van der Waals surface area contributed by atoms with E-state index in [0.717, 1.165) is 53.2 Å². The Balaban J connectivity index is 1.57. The van der Waals surface area contributed by atoms with E-state index in [2.05, 4.69) is 26.3 Å². The van der Waals surface area contributed by atoms with E-state index >= 15 is 0 Å². The van der Waals surface area contributed by atoms with Gasteiger partial charge in [0.05, 0.1) is 11.8 Å². The third kappa shape index (κ3) is 4.15. The summed E-state index contributed by atoms with van der Waals surface area (Å²) in [7, 11) is 0. The monoisotopic (exact) mass is 475 g/mol. The summed E-state index contributed by atoms with van der Waals surface area (Å²) in [5, 5.41) is 17.4. The van der Waals surface area contributed by atoms with Gasteiger partial charge in [0.15, 0.2) is 5.69 Å². The van der Waals surface area contributed by atoms with E-state index in [0.29, 0.717) is 11.8 Å². The molecule has 3 aromatic rings. The quantitative estimate of drug-likeness (QED) is 0.579. The molecule has 156 valence electrons. The molecule has 0 fully saturated rings. The Morgan fingerprint density at radius 2 is 2.00 bits per heavy atom. The predicted octanol–water partition coefficient (Wildman–Crippen LogP) is 4.26. The summed E-state index contributed by atoms with van der Waals surface area (Å²) in [6.07, 6.45) is 2.28. The zero-order valence-corrected chi connectivity index (χ0v) is 17.6. The molecule has 0 aliphatic heterocycles. The first-order valence-electron chi connectivity index (χ1n) is 9.72. The van der Waals surface area contributed by atoms with Gasteiger partial charge in [-0.2, -0.15) is 5.10 Å². The molecule has 0 spiro atoms. The number of nitrogens with zero attached hydrogens (tertiary/aromatic N) is 2. The Labute approximate surface area is 180 Å². The van der Waals surface area contributed by atoms with Crippen molar-refractivity contribution in [1.82, 2.24) is 15.1 Å². The summed E-state index contributed by atoms with van der Waals surface area (Å²) in [6.45, 7) is -0.208. The van der Waals surface area contributed by atoms with Crippen LogP contribution in [0.1, 0.15) is 46.3 Å². The van der Waals surface area contributed by atoms with Gasteiger partial charge in [-0.05, 0) is 49.9 Å². The van der Waals surface area contributed by atoms with Gasteiger partial charge in [0, 0.05) is 33.9 Å². The van der Waals surface area contributed by atoms with Crippen LogP contribution < -0.4 is 5.32 Å². The predicted molar refractivity (Wildman–Crippen MR) is 112 cm³/mol. The smallest absolute Gasteiger partial charge is 0.272 e. The highest BCUT2D eigenvalue weighted by Gasteiger charge is 2.26. The van der Waals surface area contributed by atoms with Crippen molar-refractivity contribution in [2.45, 2.75) is 31.8 Å².